The molecule has 10 aromatic rings. The summed E-state index contributed by atoms with van der Waals surface area (Å²) in [7, 11) is 2.08. The minimum Gasteiger partial charge on any atom is -0.510 e. The number of hydrogen-bond acceptors (Lipinski definition) is 2. The molecule has 5 nitrogen and oxygen atoms in total. The molecule has 302 valence electrons. The largest absolute Gasteiger partial charge is 0.510 e. The van der Waals surface area contributed by atoms with E-state index in [-0.39, 0.29) is 26.5 Å². The Morgan fingerprint density at radius 2 is 1.44 bits per heavy atom. The second-order valence-electron chi connectivity index (χ2n) is 17.3. The van der Waals surface area contributed by atoms with Crippen molar-refractivity contribution in [1.29, 1.82) is 0 Å². The van der Waals surface area contributed by atoms with Crippen molar-refractivity contribution in [1.82, 2.24) is 14.1 Å². The van der Waals surface area contributed by atoms with Crippen molar-refractivity contribution in [3.05, 3.63) is 215 Å². The van der Waals surface area contributed by atoms with E-state index in [9.17, 15) is 0 Å². The maximum atomic E-state index is 6.84. The molecular weight excluding hydrogens is 940 g/mol. The van der Waals surface area contributed by atoms with Crippen molar-refractivity contribution >= 4 is 45.0 Å². The quantitative estimate of drug-likeness (QED) is 0.130. The molecule has 0 bridgehead atoms. The van der Waals surface area contributed by atoms with E-state index in [2.05, 4.69) is 200 Å². The zero-order chi connectivity index (χ0) is 41.0. The Morgan fingerprint density at radius 1 is 0.661 bits per heavy atom. The van der Waals surface area contributed by atoms with Gasteiger partial charge < -0.3 is 18.4 Å². The molecule has 62 heavy (non-hydrogen) atoms. The van der Waals surface area contributed by atoms with Crippen LogP contribution in [-0.4, -0.2) is 14.1 Å². The minimum atomic E-state index is -0.754. The van der Waals surface area contributed by atoms with Crippen LogP contribution in [-0.2, 0) is 38.9 Å². The maximum absolute atomic E-state index is 6.84. The van der Waals surface area contributed by atoms with Gasteiger partial charge in [-0.3, -0.25) is 0 Å². The Morgan fingerprint density at radius 3 is 2.27 bits per heavy atom. The van der Waals surface area contributed by atoms with Gasteiger partial charge in [0.25, 0.3) is 0 Å². The van der Waals surface area contributed by atoms with Crippen LogP contribution in [0.15, 0.2) is 158 Å². The van der Waals surface area contributed by atoms with Crippen molar-refractivity contribution in [3.8, 4) is 34.1 Å². The number of fused-ring (bicyclic) bond motifs is 11. The molecule has 1 atom stereocenters. The smallest absolute Gasteiger partial charge is 0.242 e. The Balaban J connectivity index is 0.00000432. The molecule has 0 fully saturated rings. The molecule has 3 aromatic heterocycles. The fourth-order valence-corrected chi connectivity index (χ4v) is 10.0. The number of rotatable bonds is 4. The third-order valence-electron chi connectivity index (χ3n) is 12.8. The molecule has 0 saturated carbocycles. The first-order chi connectivity index (χ1) is 29.8. The van der Waals surface area contributed by atoms with Gasteiger partial charge in [-0.2, -0.15) is 12.1 Å². The number of para-hydroxylation sites is 2. The summed E-state index contributed by atoms with van der Waals surface area (Å²) in [5.41, 5.74) is 15.0. The van der Waals surface area contributed by atoms with E-state index < -0.39 is 5.41 Å². The standard InChI is InChI=1S/C56H40N4O.Pt/c1-55(2,3)39-26-25-37-23-24-38-16-12-18-42(36-14-6-5-7-15-36)53(38)56(47(37)32-39)45-30-28-41(34-51(45)59-35-58(4)49-21-13-19-46(56)54(49)59)61-40-27-29-44-43-17-8-9-20-48(43)60(50(44)33-40)52-22-10-11-31-57-52;/h5-32H,1-4H3;/q-2;. The molecule has 12 rings (SSSR count). The van der Waals surface area contributed by atoms with E-state index in [0.29, 0.717) is 11.5 Å². The van der Waals surface area contributed by atoms with Gasteiger partial charge in [-0.15, -0.1) is 35.2 Å². The van der Waals surface area contributed by atoms with Crippen molar-refractivity contribution in [2.45, 2.75) is 31.6 Å². The number of imidazole rings is 1. The van der Waals surface area contributed by atoms with E-state index in [4.69, 9.17) is 9.72 Å². The van der Waals surface area contributed by atoms with Gasteiger partial charge in [-0.25, -0.2) is 4.98 Å². The molecule has 7 aromatic carbocycles. The Bertz CT molecular complexity index is 3450. The Kier molecular flexibility index (Phi) is 8.69. The topological polar surface area (TPSA) is 35.9 Å². The monoisotopic (exact) mass is 979 g/mol. The van der Waals surface area contributed by atoms with Crippen LogP contribution < -0.4 is 9.30 Å². The number of aromatic nitrogens is 4. The van der Waals surface area contributed by atoms with Gasteiger partial charge in [0, 0.05) is 49.7 Å². The van der Waals surface area contributed by atoms with Gasteiger partial charge in [0.2, 0.25) is 6.33 Å². The second-order valence-corrected chi connectivity index (χ2v) is 17.3. The number of nitrogens with zero attached hydrogens (tertiary/aromatic N) is 4. The van der Waals surface area contributed by atoms with Crippen LogP contribution in [0, 0.1) is 18.5 Å². The predicted octanol–water partition coefficient (Wildman–Crippen LogP) is 12.3. The molecule has 6 heteroatoms. The molecule has 0 N–H and O–H groups in total. The second kappa shape index (κ2) is 14.1. The van der Waals surface area contributed by atoms with Gasteiger partial charge in [0.1, 0.15) is 5.82 Å². The van der Waals surface area contributed by atoms with E-state index in [1.54, 1.807) is 0 Å². The van der Waals surface area contributed by atoms with E-state index in [1.165, 1.54) is 44.5 Å². The number of pyridine rings is 1. The summed E-state index contributed by atoms with van der Waals surface area (Å²) in [6.45, 7) is 6.90. The third kappa shape index (κ3) is 5.51. The zero-order valence-corrected chi connectivity index (χ0v) is 37.0. The fourth-order valence-electron chi connectivity index (χ4n) is 10.0. The zero-order valence-electron chi connectivity index (χ0n) is 34.7. The molecule has 1 spiro atoms. The van der Waals surface area contributed by atoms with E-state index in [0.717, 1.165) is 49.9 Å². The van der Waals surface area contributed by atoms with Crippen molar-refractivity contribution < 1.29 is 30.4 Å². The first kappa shape index (κ1) is 38.1. The number of hydrogen-bond donors (Lipinski definition) is 0. The number of aryl methyl sites for hydroxylation is 1. The van der Waals surface area contributed by atoms with Crippen LogP contribution in [0.2, 0.25) is 0 Å². The molecule has 0 amide bonds. The van der Waals surface area contributed by atoms with Gasteiger partial charge >= 0.3 is 0 Å². The average Bonchev–Trinajstić information content (AvgIpc) is 3.76. The molecule has 0 saturated heterocycles. The Hall–Kier alpha value is -6.81. The van der Waals surface area contributed by atoms with Crippen molar-refractivity contribution in [2.24, 2.45) is 7.05 Å². The molecule has 1 aliphatic heterocycles. The maximum Gasteiger partial charge on any atom is 0.242 e. The number of benzene rings is 7. The summed E-state index contributed by atoms with van der Waals surface area (Å²) in [5.74, 6) is 2.01. The molecule has 4 heterocycles. The average molecular weight is 980 g/mol. The van der Waals surface area contributed by atoms with E-state index >= 15 is 0 Å². The van der Waals surface area contributed by atoms with Crippen LogP contribution in [0.3, 0.4) is 0 Å². The van der Waals surface area contributed by atoms with Gasteiger partial charge in [0.05, 0.1) is 18.1 Å². The van der Waals surface area contributed by atoms with E-state index in [1.807, 2.05) is 30.5 Å². The SMILES string of the molecule is C[n+]1[c-]n2c3c(cccc31)C1(c3ccc(Oc4[c-]c5c(cc4)c4ccccc4n5-c4ccccn4)[c-]c3-2)c2cc(C(C)(C)C)ccc2C=Cc2cccc(-c3ccccc3)c21.[Pt]. The normalized spacial score (nSPS) is 15.0. The molecule has 0 radical (unpaired) electrons. The summed E-state index contributed by atoms with van der Waals surface area (Å²) < 4.78 is 13.3. The first-order valence-corrected chi connectivity index (χ1v) is 20.9. The molecule has 1 aliphatic carbocycles. The van der Waals surface area contributed by atoms with Crippen molar-refractivity contribution in [2.75, 3.05) is 0 Å². The molecule has 1 unspecified atom stereocenters. The van der Waals surface area contributed by atoms with Crippen LogP contribution in [0.5, 0.6) is 11.5 Å². The van der Waals surface area contributed by atoms with Crippen LogP contribution in [0.25, 0.3) is 67.6 Å². The molecule has 2 aliphatic rings. The summed E-state index contributed by atoms with van der Waals surface area (Å²) in [6.07, 6.45) is 10.1. The summed E-state index contributed by atoms with van der Waals surface area (Å²) in [4.78, 5) is 4.73. The fraction of sp³-hybridized carbons (Fsp3) is 0.107. The van der Waals surface area contributed by atoms with Crippen molar-refractivity contribution in [3.63, 3.8) is 0 Å². The predicted molar refractivity (Wildman–Crippen MR) is 245 cm³/mol. The summed E-state index contributed by atoms with van der Waals surface area (Å²) >= 11 is 0. The Labute approximate surface area is 375 Å². The number of ether oxygens (including phenoxy) is 1. The van der Waals surface area contributed by atoms with Crippen LogP contribution in [0.1, 0.15) is 59.7 Å². The third-order valence-corrected chi connectivity index (χ3v) is 12.8. The van der Waals surface area contributed by atoms with Crippen LogP contribution in [0.4, 0.5) is 0 Å². The van der Waals surface area contributed by atoms with Gasteiger partial charge in [-0.1, -0.05) is 153 Å². The summed E-state index contributed by atoms with van der Waals surface area (Å²) in [5, 5.41) is 2.22. The van der Waals surface area contributed by atoms with Gasteiger partial charge in [0.15, 0.2) is 0 Å². The minimum absolute atomic E-state index is 0. The van der Waals surface area contributed by atoms with Gasteiger partial charge in [-0.05, 0) is 73.5 Å². The summed E-state index contributed by atoms with van der Waals surface area (Å²) in [6, 6.07) is 61.8. The van der Waals surface area contributed by atoms with Crippen LogP contribution >= 0.6 is 0 Å². The molecular formula is C56H40N4OPt-2. The first-order valence-electron chi connectivity index (χ1n) is 20.9.